The van der Waals surface area contributed by atoms with Crippen molar-refractivity contribution < 1.29 is 14.6 Å². The fourth-order valence-electron chi connectivity index (χ4n) is 1.40. The topological polar surface area (TPSA) is 38.7 Å². The smallest absolute Gasteiger partial charge is 0.119 e. The van der Waals surface area contributed by atoms with Gasteiger partial charge in [-0.3, -0.25) is 0 Å². The van der Waals surface area contributed by atoms with Gasteiger partial charge in [0, 0.05) is 7.11 Å². The second-order valence-electron chi connectivity index (χ2n) is 5.58. The zero-order valence-electron chi connectivity index (χ0n) is 11.8. The van der Waals surface area contributed by atoms with E-state index in [4.69, 9.17) is 9.47 Å². The van der Waals surface area contributed by atoms with Crippen molar-refractivity contribution in [2.24, 2.45) is 5.41 Å². The number of aliphatic hydroxyl groups excluding tert-OH is 1. The van der Waals surface area contributed by atoms with Gasteiger partial charge in [0.25, 0.3) is 0 Å². The highest BCUT2D eigenvalue weighted by atomic mass is 16.5. The monoisotopic (exact) mass is 252 g/mol. The fourth-order valence-corrected chi connectivity index (χ4v) is 1.40. The lowest BCUT2D eigenvalue weighted by Crippen LogP contribution is -2.31. The van der Waals surface area contributed by atoms with Crippen LogP contribution in [0.15, 0.2) is 24.3 Å². The van der Waals surface area contributed by atoms with Gasteiger partial charge in [-0.15, -0.1) is 0 Å². The zero-order chi connectivity index (χ0) is 13.6. The molecule has 1 aromatic rings. The van der Waals surface area contributed by atoms with Crippen molar-refractivity contribution in [1.82, 2.24) is 0 Å². The van der Waals surface area contributed by atoms with E-state index in [1.165, 1.54) is 5.56 Å². The van der Waals surface area contributed by atoms with Crippen molar-refractivity contribution in [2.75, 3.05) is 20.3 Å². The summed E-state index contributed by atoms with van der Waals surface area (Å²) in [6.45, 7) is 7.03. The summed E-state index contributed by atoms with van der Waals surface area (Å²) < 4.78 is 10.6. The number of hydrogen-bond donors (Lipinski definition) is 1. The highest BCUT2D eigenvalue weighted by molar-refractivity contribution is 5.27. The van der Waals surface area contributed by atoms with Crippen LogP contribution in [0.4, 0.5) is 0 Å². The molecule has 0 spiro atoms. The zero-order valence-corrected chi connectivity index (χ0v) is 11.8. The molecule has 18 heavy (non-hydrogen) atoms. The Morgan fingerprint density at radius 1 is 1.17 bits per heavy atom. The molecule has 0 saturated carbocycles. The Morgan fingerprint density at radius 3 is 2.28 bits per heavy atom. The molecule has 1 rings (SSSR count). The lowest BCUT2D eigenvalue weighted by molar-refractivity contribution is 0.0218. The van der Waals surface area contributed by atoms with Crippen LogP contribution >= 0.6 is 0 Å². The minimum atomic E-state index is -0.467. The highest BCUT2D eigenvalue weighted by Crippen LogP contribution is 2.20. The fraction of sp³-hybridized carbons (Fsp3) is 0.600. The summed E-state index contributed by atoms with van der Waals surface area (Å²) in [5.41, 5.74) is 1.07. The Hall–Kier alpha value is -1.06. The predicted octanol–water partition coefficient (Wildman–Crippen LogP) is 2.66. The van der Waals surface area contributed by atoms with Crippen LogP contribution in [-0.4, -0.2) is 31.5 Å². The molecule has 0 fully saturated rings. The normalized spacial score (nSPS) is 13.4. The number of rotatable bonds is 6. The minimum absolute atomic E-state index is 0.154. The van der Waals surface area contributed by atoms with Gasteiger partial charge in [-0.1, -0.05) is 32.9 Å². The highest BCUT2D eigenvalue weighted by Gasteiger charge is 2.22. The van der Waals surface area contributed by atoms with Gasteiger partial charge in [-0.05, 0) is 29.5 Å². The van der Waals surface area contributed by atoms with Crippen LogP contribution < -0.4 is 4.74 Å². The van der Waals surface area contributed by atoms with E-state index in [1.54, 1.807) is 7.11 Å². The molecular formula is C15H24O3. The van der Waals surface area contributed by atoms with Crippen LogP contribution in [0.3, 0.4) is 0 Å². The molecule has 102 valence electrons. The Balaban J connectivity index is 2.44. The summed E-state index contributed by atoms with van der Waals surface area (Å²) in [6.07, 6.45) is 0.437. The van der Waals surface area contributed by atoms with Crippen LogP contribution in [0, 0.1) is 5.41 Å². The molecule has 0 bridgehead atoms. The Bertz CT molecular complexity index is 338. The maximum Gasteiger partial charge on any atom is 0.119 e. The number of hydrogen-bond acceptors (Lipinski definition) is 3. The third-order valence-electron chi connectivity index (χ3n) is 2.93. The quantitative estimate of drug-likeness (QED) is 0.846. The molecule has 0 amide bonds. The van der Waals surface area contributed by atoms with Crippen molar-refractivity contribution in [3.63, 3.8) is 0 Å². The van der Waals surface area contributed by atoms with Crippen molar-refractivity contribution in [1.29, 1.82) is 0 Å². The molecule has 3 nitrogen and oxygen atoms in total. The Morgan fingerprint density at radius 2 is 1.78 bits per heavy atom. The van der Waals surface area contributed by atoms with Gasteiger partial charge in [-0.2, -0.15) is 0 Å². The SMILES string of the molecule is COCCc1ccc(OCC(O)C(C)(C)C)cc1. The third-order valence-corrected chi connectivity index (χ3v) is 2.93. The average molecular weight is 252 g/mol. The molecule has 1 aromatic carbocycles. The van der Waals surface area contributed by atoms with Gasteiger partial charge in [0.15, 0.2) is 0 Å². The minimum Gasteiger partial charge on any atom is -0.491 e. The third kappa shape index (κ3) is 5.07. The summed E-state index contributed by atoms with van der Waals surface area (Å²) in [7, 11) is 1.70. The maximum atomic E-state index is 9.88. The van der Waals surface area contributed by atoms with Crippen LogP contribution in [0.5, 0.6) is 5.75 Å². The second kappa shape index (κ2) is 6.76. The molecule has 1 unspecified atom stereocenters. The predicted molar refractivity (Wildman–Crippen MR) is 73.0 cm³/mol. The van der Waals surface area contributed by atoms with E-state index in [-0.39, 0.29) is 5.41 Å². The van der Waals surface area contributed by atoms with E-state index < -0.39 is 6.10 Å². The molecule has 0 aromatic heterocycles. The summed E-state index contributed by atoms with van der Waals surface area (Å²) in [5.74, 6) is 0.791. The summed E-state index contributed by atoms with van der Waals surface area (Å²) in [4.78, 5) is 0. The van der Waals surface area contributed by atoms with Crippen LogP contribution in [0.1, 0.15) is 26.3 Å². The molecule has 3 heteroatoms. The number of aliphatic hydroxyl groups is 1. The molecule has 1 atom stereocenters. The standard InChI is InChI=1S/C15H24O3/c1-15(2,3)14(16)11-18-13-7-5-12(6-8-13)9-10-17-4/h5-8,14,16H,9-11H2,1-4H3. The van der Waals surface area contributed by atoms with Gasteiger partial charge in [-0.25, -0.2) is 0 Å². The first-order valence-electron chi connectivity index (χ1n) is 6.32. The second-order valence-corrected chi connectivity index (χ2v) is 5.58. The molecule has 0 aliphatic carbocycles. The molecule has 0 aliphatic rings. The van der Waals surface area contributed by atoms with E-state index >= 15 is 0 Å². The molecule has 0 saturated heterocycles. The Kier molecular flexibility index (Phi) is 5.63. The average Bonchev–Trinajstić information content (AvgIpc) is 2.33. The van der Waals surface area contributed by atoms with E-state index in [1.807, 2.05) is 45.0 Å². The first-order valence-corrected chi connectivity index (χ1v) is 6.32. The lowest BCUT2D eigenvalue weighted by Gasteiger charge is -2.25. The van der Waals surface area contributed by atoms with Gasteiger partial charge < -0.3 is 14.6 Å². The number of methoxy groups -OCH3 is 1. The van der Waals surface area contributed by atoms with Crippen LogP contribution in [0.2, 0.25) is 0 Å². The number of benzene rings is 1. The maximum absolute atomic E-state index is 9.88. The molecule has 0 heterocycles. The van der Waals surface area contributed by atoms with Gasteiger partial charge in [0.2, 0.25) is 0 Å². The van der Waals surface area contributed by atoms with E-state index in [2.05, 4.69) is 0 Å². The van der Waals surface area contributed by atoms with Gasteiger partial charge >= 0.3 is 0 Å². The van der Waals surface area contributed by atoms with E-state index in [9.17, 15) is 5.11 Å². The summed E-state index contributed by atoms with van der Waals surface area (Å²) in [6, 6.07) is 7.91. The largest absolute Gasteiger partial charge is 0.491 e. The number of ether oxygens (including phenoxy) is 2. The first-order chi connectivity index (χ1) is 8.43. The molecular weight excluding hydrogens is 228 g/mol. The molecule has 1 N–H and O–H groups in total. The first kappa shape index (κ1) is 15.0. The molecule has 0 aliphatic heterocycles. The van der Waals surface area contributed by atoms with Crippen molar-refractivity contribution in [2.45, 2.75) is 33.3 Å². The van der Waals surface area contributed by atoms with Crippen molar-refractivity contribution in [3.8, 4) is 5.75 Å². The van der Waals surface area contributed by atoms with Crippen LogP contribution in [0.25, 0.3) is 0 Å². The van der Waals surface area contributed by atoms with Crippen molar-refractivity contribution >= 4 is 0 Å². The van der Waals surface area contributed by atoms with E-state index in [0.717, 1.165) is 18.8 Å². The van der Waals surface area contributed by atoms with Crippen LogP contribution in [-0.2, 0) is 11.2 Å². The van der Waals surface area contributed by atoms with Gasteiger partial charge in [0.05, 0.1) is 12.7 Å². The van der Waals surface area contributed by atoms with E-state index in [0.29, 0.717) is 6.61 Å². The molecule has 0 radical (unpaired) electrons. The Labute approximate surface area is 110 Å². The van der Waals surface area contributed by atoms with Crippen molar-refractivity contribution in [3.05, 3.63) is 29.8 Å². The summed E-state index contributed by atoms with van der Waals surface area (Å²) in [5, 5.41) is 9.88. The van der Waals surface area contributed by atoms with Gasteiger partial charge in [0.1, 0.15) is 12.4 Å². The lowest BCUT2D eigenvalue weighted by atomic mass is 9.90. The summed E-state index contributed by atoms with van der Waals surface area (Å²) >= 11 is 0.